The Hall–Kier alpha value is -2.90. The molecule has 0 bridgehead atoms. The maximum Gasteiger partial charge on any atom is 0.243 e. The molecule has 190 valence electrons. The van der Waals surface area contributed by atoms with E-state index in [2.05, 4.69) is 5.32 Å². The molecule has 2 amide bonds. The highest BCUT2D eigenvalue weighted by Gasteiger charge is 2.31. The molecule has 0 radical (unpaired) electrons. The summed E-state index contributed by atoms with van der Waals surface area (Å²) in [4.78, 5) is 28.2. The van der Waals surface area contributed by atoms with Crippen LogP contribution in [0.5, 0.6) is 0 Å². The van der Waals surface area contributed by atoms with E-state index in [9.17, 15) is 18.4 Å². The van der Waals surface area contributed by atoms with Crippen LogP contribution >= 0.6 is 23.4 Å². The third kappa shape index (κ3) is 7.80. The molecule has 0 aliphatic rings. The summed E-state index contributed by atoms with van der Waals surface area (Å²) in [6, 6.07) is 19.0. The van der Waals surface area contributed by atoms with Crippen molar-refractivity contribution in [3.8, 4) is 0 Å². The zero-order valence-corrected chi connectivity index (χ0v) is 21.8. The maximum absolute atomic E-state index is 14.6. The summed E-state index contributed by atoms with van der Waals surface area (Å²) in [5.74, 6) is -1.41. The first kappa shape index (κ1) is 27.7. The van der Waals surface area contributed by atoms with Gasteiger partial charge in [-0.1, -0.05) is 66.2 Å². The van der Waals surface area contributed by atoms with E-state index in [0.29, 0.717) is 11.1 Å². The largest absolute Gasteiger partial charge is 0.352 e. The standard InChI is InChI=1S/C28H29ClF2N2O2S/c1-19(2)32-28(35)26(15-20-9-4-3-5-10-20)33(16-21-11-6-7-13-24(21)30)27(34)18-36-17-22-23(29)12-8-14-25(22)31/h3-14,19,26H,15-18H2,1-2H3,(H,32,35). The minimum absolute atomic E-state index is 0.0284. The van der Waals surface area contributed by atoms with E-state index in [1.807, 2.05) is 44.2 Å². The second kappa shape index (κ2) is 13.4. The van der Waals surface area contributed by atoms with Crippen LogP contribution in [0.15, 0.2) is 72.8 Å². The first-order chi connectivity index (χ1) is 17.3. The van der Waals surface area contributed by atoms with Crippen molar-refractivity contribution in [1.82, 2.24) is 10.2 Å². The molecule has 0 heterocycles. The van der Waals surface area contributed by atoms with Gasteiger partial charge in [-0.25, -0.2) is 8.78 Å². The molecule has 3 aromatic carbocycles. The van der Waals surface area contributed by atoms with Gasteiger partial charge in [0.2, 0.25) is 11.8 Å². The SMILES string of the molecule is CC(C)NC(=O)C(Cc1ccccc1)N(Cc1ccccc1F)C(=O)CSCc1c(F)cccc1Cl. The first-order valence-corrected chi connectivity index (χ1v) is 13.2. The topological polar surface area (TPSA) is 49.4 Å². The van der Waals surface area contributed by atoms with E-state index >= 15 is 0 Å². The Morgan fingerprint density at radius 1 is 0.944 bits per heavy atom. The monoisotopic (exact) mass is 530 g/mol. The molecule has 0 spiro atoms. The number of nitrogens with zero attached hydrogens (tertiary/aromatic N) is 1. The third-order valence-electron chi connectivity index (χ3n) is 5.53. The highest BCUT2D eigenvalue weighted by atomic mass is 35.5. The fraction of sp³-hybridized carbons (Fsp3) is 0.286. The Bertz CT molecular complexity index is 1160. The summed E-state index contributed by atoms with van der Waals surface area (Å²) in [5, 5.41) is 3.18. The van der Waals surface area contributed by atoms with Crippen molar-refractivity contribution < 1.29 is 18.4 Å². The number of hydrogen-bond acceptors (Lipinski definition) is 3. The van der Waals surface area contributed by atoms with Gasteiger partial charge in [-0.15, -0.1) is 11.8 Å². The molecule has 0 aliphatic heterocycles. The molecule has 3 rings (SSSR count). The Labute approximate surface area is 220 Å². The number of benzene rings is 3. The summed E-state index contributed by atoms with van der Waals surface area (Å²) in [6.45, 7) is 3.61. The van der Waals surface area contributed by atoms with Crippen LogP contribution in [-0.4, -0.2) is 34.6 Å². The molecule has 0 saturated carbocycles. The number of nitrogens with one attached hydrogen (secondary N) is 1. The smallest absolute Gasteiger partial charge is 0.243 e. The third-order valence-corrected chi connectivity index (χ3v) is 6.83. The Kier molecular flexibility index (Phi) is 10.3. The second-order valence-electron chi connectivity index (χ2n) is 8.67. The second-order valence-corrected chi connectivity index (χ2v) is 10.1. The number of hydrogen-bond donors (Lipinski definition) is 1. The quantitative estimate of drug-likeness (QED) is 0.330. The summed E-state index contributed by atoms with van der Waals surface area (Å²) in [6.07, 6.45) is 0.267. The van der Waals surface area contributed by atoms with E-state index in [0.717, 1.165) is 5.56 Å². The van der Waals surface area contributed by atoms with Gasteiger partial charge in [0, 0.05) is 40.9 Å². The maximum atomic E-state index is 14.6. The van der Waals surface area contributed by atoms with Gasteiger partial charge in [-0.2, -0.15) is 0 Å². The van der Waals surface area contributed by atoms with E-state index in [1.165, 1.54) is 34.9 Å². The zero-order valence-electron chi connectivity index (χ0n) is 20.2. The average molecular weight is 531 g/mol. The summed E-state index contributed by atoms with van der Waals surface area (Å²) >= 11 is 7.31. The Morgan fingerprint density at radius 3 is 2.28 bits per heavy atom. The van der Waals surface area contributed by atoms with Crippen molar-refractivity contribution in [1.29, 1.82) is 0 Å². The molecule has 0 aliphatic carbocycles. The van der Waals surface area contributed by atoms with Crippen LogP contribution in [0, 0.1) is 11.6 Å². The molecule has 0 aromatic heterocycles. The lowest BCUT2D eigenvalue weighted by Gasteiger charge is -2.32. The summed E-state index contributed by atoms with van der Waals surface area (Å²) in [5.41, 5.74) is 1.50. The van der Waals surface area contributed by atoms with Gasteiger partial charge in [0.1, 0.15) is 17.7 Å². The van der Waals surface area contributed by atoms with Crippen LogP contribution in [-0.2, 0) is 28.3 Å². The minimum atomic E-state index is -0.862. The lowest BCUT2D eigenvalue weighted by atomic mass is 10.0. The number of rotatable bonds is 11. The van der Waals surface area contributed by atoms with Crippen LogP contribution in [0.1, 0.15) is 30.5 Å². The molecule has 3 aromatic rings. The Balaban J connectivity index is 1.88. The lowest BCUT2D eigenvalue weighted by molar-refractivity contribution is -0.139. The van der Waals surface area contributed by atoms with Gasteiger partial charge in [-0.3, -0.25) is 9.59 Å². The Morgan fingerprint density at radius 2 is 1.61 bits per heavy atom. The predicted octanol–water partition coefficient (Wildman–Crippen LogP) is 6.02. The van der Waals surface area contributed by atoms with Gasteiger partial charge in [0.05, 0.1) is 5.75 Å². The van der Waals surface area contributed by atoms with Gasteiger partial charge in [-0.05, 0) is 37.6 Å². The number of halogens is 3. The molecular weight excluding hydrogens is 502 g/mol. The number of carbonyl (C=O) groups is 2. The number of amides is 2. The van der Waals surface area contributed by atoms with Gasteiger partial charge < -0.3 is 10.2 Å². The van der Waals surface area contributed by atoms with Crippen LogP contribution < -0.4 is 5.32 Å². The van der Waals surface area contributed by atoms with Crippen molar-refractivity contribution in [2.75, 3.05) is 5.75 Å². The highest BCUT2D eigenvalue weighted by molar-refractivity contribution is 7.99. The summed E-state index contributed by atoms with van der Waals surface area (Å²) in [7, 11) is 0. The fourth-order valence-corrected chi connectivity index (χ4v) is 4.99. The van der Waals surface area contributed by atoms with Crippen molar-refractivity contribution >= 4 is 35.2 Å². The minimum Gasteiger partial charge on any atom is -0.352 e. The molecule has 1 unspecified atom stereocenters. The molecule has 0 fully saturated rings. The molecule has 1 N–H and O–H groups in total. The molecule has 4 nitrogen and oxygen atoms in total. The molecule has 0 saturated heterocycles. The molecular formula is C28H29ClF2N2O2S. The van der Waals surface area contributed by atoms with Crippen LogP contribution in [0.3, 0.4) is 0 Å². The van der Waals surface area contributed by atoms with E-state index in [1.54, 1.807) is 24.3 Å². The normalized spacial score (nSPS) is 11.8. The van der Waals surface area contributed by atoms with E-state index in [-0.39, 0.29) is 47.4 Å². The molecule has 1 atom stereocenters. The van der Waals surface area contributed by atoms with Crippen molar-refractivity contribution in [3.63, 3.8) is 0 Å². The average Bonchev–Trinajstić information content (AvgIpc) is 2.84. The summed E-state index contributed by atoms with van der Waals surface area (Å²) < 4.78 is 28.8. The van der Waals surface area contributed by atoms with Gasteiger partial charge >= 0.3 is 0 Å². The van der Waals surface area contributed by atoms with Crippen LogP contribution in [0.25, 0.3) is 0 Å². The van der Waals surface area contributed by atoms with Crippen molar-refractivity contribution in [2.45, 2.75) is 44.6 Å². The van der Waals surface area contributed by atoms with Gasteiger partial charge in [0.15, 0.2) is 0 Å². The van der Waals surface area contributed by atoms with Crippen LogP contribution in [0.4, 0.5) is 8.78 Å². The van der Waals surface area contributed by atoms with Crippen molar-refractivity contribution in [2.24, 2.45) is 0 Å². The number of thioether (sulfide) groups is 1. The lowest BCUT2D eigenvalue weighted by Crippen LogP contribution is -2.52. The van der Waals surface area contributed by atoms with Gasteiger partial charge in [0.25, 0.3) is 0 Å². The zero-order chi connectivity index (χ0) is 26.1. The van der Waals surface area contributed by atoms with E-state index < -0.39 is 17.7 Å². The molecule has 8 heteroatoms. The predicted molar refractivity (Wildman–Crippen MR) is 142 cm³/mol. The van der Waals surface area contributed by atoms with Crippen molar-refractivity contribution in [3.05, 3.63) is 106 Å². The highest BCUT2D eigenvalue weighted by Crippen LogP contribution is 2.25. The number of carbonyl (C=O) groups excluding carboxylic acids is 2. The van der Waals surface area contributed by atoms with E-state index in [4.69, 9.17) is 11.6 Å². The first-order valence-electron chi connectivity index (χ1n) is 11.6. The fourth-order valence-electron chi connectivity index (χ4n) is 3.74. The molecule has 36 heavy (non-hydrogen) atoms. The van der Waals surface area contributed by atoms with Crippen LogP contribution in [0.2, 0.25) is 5.02 Å².